The number of carboxylic acids is 1. The summed E-state index contributed by atoms with van der Waals surface area (Å²) in [5, 5.41) is 8.43. The average Bonchev–Trinajstić information content (AvgIpc) is 2.28. The van der Waals surface area contributed by atoms with Gasteiger partial charge >= 0.3 is 5.97 Å². The molecule has 1 heterocycles. The molecule has 6 heteroatoms. The van der Waals surface area contributed by atoms with Gasteiger partial charge in [0.15, 0.2) is 0 Å². The molecule has 1 aromatic rings. The lowest BCUT2D eigenvalue weighted by molar-refractivity contribution is -0.133. The minimum atomic E-state index is -0.913. The van der Waals surface area contributed by atoms with Crippen LogP contribution >= 0.6 is 11.8 Å². The van der Waals surface area contributed by atoms with E-state index >= 15 is 0 Å². The molecule has 1 N–H and O–H groups in total. The van der Waals surface area contributed by atoms with Gasteiger partial charge in [0.2, 0.25) is 5.91 Å². The number of carbonyl (C=O) groups excluding carboxylic acids is 1. The highest BCUT2D eigenvalue weighted by molar-refractivity contribution is 8.00. The second-order valence-corrected chi connectivity index (χ2v) is 4.03. The number of hydrogen-bond acceptors (Lipinski definition) is 4. The van der Waals surface area contributed by atoms with Gasteiger partial charge < -0.3 is 10.0 Å². The molecule has 0 unspecified atom stereocenters. The van der Waals surface area contributed by atoms with Crippen molar-refractivity contribution in [3.05, 3.63) is 24.5 Å². The Kier molecular flexibility index (Phi) is 4.78. The number of nitrogens with zero attached hydrogens (tertiary/aromatic N) is 2. The summed E-state index contributed by atoms with van der Waals surface area (Å²) in [5.41, 5.74) is 0.746. The number of aromatic nitrogens is 1. The third-order valence-corrected chi connectivity index (χ3v) is 2.78. The molecule has 0 fully saturated rings. The van der Waals surface area contributed by atoms with Crippen molar-refractivity contribution in [3.63, 3.8) is 0 Å². The minimum Gasteiger partial charge on any atom is -0.481 e. The van der Waals surface area contributed by atoms with Gasteiger partial charge in [-0.3, -0.25) is 14.6 Å². The van der Waals surface area contributed by atoms with Gasteiger partial charge in [0, 0.05) is 25.1 Å². The van der Waals surface area contributed by atoms with Gasteiger partial charge in [-0.1, -0.05) is 0 Å². The van der Waals surface area contributed by atoms with Gasteiger partial charge in [0.1, 0.15) is 0 Å². The van der Waals surface area contributed by atoms with E-state index in [1.807, 2.05) is 0 Å². The lowest BCUT2D eigenvalue weighted by Crippen LogP contribution is -2.28. The van der Waals surface area contributed by atoms with Crippen LogP contribution in [0.15, 0.2) is 24.5 Å². The molecule has 0 bridgehead atoms. The maximum atomic E-state index is 11.6. The predicted molar refractivity (Wildman–Crippen MR) is 62.6 cm³/mol. The van der Waals surface area contributed by atoms with Crippen LogP contribution in [0.25, 0.3) is 0 Å². The Balaban J connectivity index is 2.45. The van der Waals surface area contributed by atoms with Crippen molar-refractivity contribution in [2.24, 2.45) is 0 Å². The molecule has 0 radical (unpaired) electrons. The number of hydrogen-bond donors (Lipinski definition) is 1. The smallest absolute Gasteiger partial charge is 0.313 e. The molecule has 0 spiro atoms. The van der Waals surface area contributed by atoms with Crippen LogP contribution in [0.2, 0.25) is 0 Å². The molecule has 5 nitrogen and oxygen atoms in total. The average molecular weight is 240 g/mol. The van der Waals surface area contributed by atoms with Crippen LogP contribution in [-0.4, -0.2) is 40.5 Å². The molecule has 1 amide bonds. The van der Waals surface area contributed by atoms with Gasteiger partial charge in [-0.25, -0.2) is 0 Å². The monoisotopic (exact) mass is 240 g/mol. The summed E-state index contributed by atoms with van der Waals surface area (Å²) in [6, 6.07) is 3.44. The summed E-state index contributed by atoms with van der Waals surface area (Å²) in [5.74, 6) is -0.942. The number of amides is 1. The van der Waals surface area contributed by atoms with Crippen molar-refractivity contribution in [1.29, 1.82) is 0 Å². The highest BCUT2D eigenvalue weighted by Gasteiger charge is 2.11. The van der Waals surface area contributed by atoms with Crippen LogP contribution in [0.4, 0.5) is 5.69 Å². The number of aliphatic carboxylic acids is 1. The Hall–Kier alpha value is -1.56. The van der Waals surface area contributed by atoms with E-state index < -0.39 is 5.97 Å². The van der Waals surface area contributed by atoms with Crippen LogP contribution in [0, 0.1) is 0 Å². The zero-order valence-corrected chi connectivity index (χ0v) is 9.61. The SMILES string of the molecule is CN(C(=O)CSCC(=O)O)c1ccncc1. The van der Waals surface area contributed by atoms with Gasteiger partial charge in [-0.05, 0) is 12.1 Å². The van der Waals surface area contributed by atoms with Crippen molar-refractivity contribution in [3.8, 4) is 0 Å². The van der Waals surface area contributed by atoms with Crippen molar-refractivity contribution >= 4 is 29.3 Å². The zero-order chi connectivity index (χ0) is 12.0. The lowest BCUT2D eigenvalue weighted by atomic mass is 10.4. The van der Waals surface area contributed by atoms with Crippen LogP contribution in [0.5, 0.6) is 0 Å². The lowest BCUT2D eigenvalue weighted by Gasteiger charge is -2.16. The molecule has 0 aliphatic rings. The Morgan fingerprint density at radius 2 is 2.00 bits per heavy atom. The Labute approximate surface area is 97.5 Å². The van der Waals surface area contributed by atoms with Crippen LogP contribution in [-0.2, 0) is 9.59 Å². The maximum absolute atomic E-state index is 11.6. The van der Waals surface area contributed by atoms with Crippen molar-refractivity contribution < 1.29 is 14.7 Å². The molecule has 1 aromatic heterocycles. The molecule has 0 aliphatic carbocycles. The van der Waals surface area contributed by atoms with E-state index in [0.717, 1.165) is 17.4 Å². The normalized spacial score (nSPS) is 9.81. The number of anilines is 1. The van der Waals surface area contributed by atoms with E-state index in [1.165, 1.54) is 4.90 Å². The first kappa shape index (κ1) is 12.5. The minimum absolute atomic E-state index is 0.0596. The maximum Gasteiger partial charge on any atom is 0.313 e. The summed E-state index contributed by atoms with van der Waals surface area (Å²) in [4.78, 5) is 27.2. The quantitative estimate of drug-likeness (QED) is 0.826. The van der Waals surface area contributed by atoms with Crippen molar-refractivity contribution in [1.82, 2.24) is 4.98 Å². The summed E-state index contributed by atoms with van der Waals surface area (Å²) in [6.07, 6.45) is 3.20. The van der Waals surface area contributed by atoms with Crippen LogP contribution in [0.1, 0.15) is 0 Å². The summed E-state index contributed by atoms with van der Waals surface area (Å²) in [7, 11) is 1.65. The third-order valence-electron chi connectivity index (χ3n) is 1.88. The standard InChI is InChI=1S/C10H12N2O3S/c1-12(8-2-4-11-5-3-8)9(13)6-16-7-10(14)15/h2-5H,6-7H2,1H3,(H,14,15). The first-order valence-electron chi connectivity index (χ1n) is 4.57. The van der Waals surface area contributed by atoms with E-state index in [1.54, 1.807) is 31.6 Å². The third kappa shape index (κ3) is 3.90. The molecule has 86 valence electrons. The summed E-state index contributed by atoms with van der Waals surface area (Å²) < 4.78 is 0. The van der Waals surface area contributed by atoms with Gasteiger partial charge in [-0.2, -0.15) is 0 Å². The second-order valence-electron chi connectivity index (χ2n) is 3.04. The van der Waals surface area contributed by atoms with E-state index in [0.29, 0.717) is 0 Å². The van der Waals surface area contributed by atoms with E-state index in [9.17, 15) is 9.59 Å². The Bertz CT molecular complexity index is 370. The first-order valence-corrected chi connectivity index (χ1v) is 5.73. The highest BCUT2D eigenvalue weighted by atomic mass is 32.2. The fourth-order valence-corrected chi connectivity index (χ4v) is 1.68. The number of pyridine rings is 1. The first-order chi connectivity index (χ1) is 7.61. The molecular weight excluding hydrogens is 228 g/mol. The summed E-state index contributed by atoms with van der Waals surface area (Å²) >= 11 is 1.09. The molecule has 0 aliphatic heterocycles. The predicted octanol–water partition coefficient (Wildman–Crippen LogP) is 0.862. The molecule has 0 saturated carbocycles. The van der Waals surface area contributed by atoms with Crippen LogP contribution in [0.3, 0.4) is 0 Å². The van der Waals surface area contributed by atoms with E-state index in [2.05, 4.69) is 4.98 Å². The van der Waals surface area contributed by atoms with E-state index in [4.69, 9.17) is 5.11 Å². The zero-order valence-electron chi connectivity index (χ0n) is 8.79. The van der Waals surface area contributed by atoms with Gasteiger partial charge in [0.05, 0.1) is 11.5 Å². The van der Waals surface area contributed by atoms with Crippen molar-refractivity contribution in [2.45, 2.75) is 0 Å². The van der Waals surface area contributed by atoms with Gasteiger partial charge in [-0.15, -0.1) is 11.8 Å². The Morgan fingerprint density at radius 1 is 1.38 bits per heavy atom. The molecule has 1 rings (SSSR count). The second kappa shape index (κ2) is 6.12. The largest absolute Gasteiger partial charge is 0.481 e. The Morgan fingerprint density at radius 3 is 2.56 bits per heavy atom. The number of carboxylic acid groups (broad SMARTS) is 1. The number of rotatable bonds is 5. The van der Waals surface area contributed by atoms with E-state index in [-0.39, 0.29) is 17.4 Å². The fraction of sp³-hybridized carbons (Fsp3) is 0.300. The van der Waals surface area contributed by atoms with Gasteiger partial charge in [0.25, 0.3) is 0 Å². The molecule has 0 atom stereocenters. The highest BCUT2D eigenvalue weighted by Crippen LogP contribution is 2.11. The molecule has 0 saturated heterocycles. The topological polar surface area (TPSA) is 70.5 Å². The number of carbonyl (C=O) groups is 2. The molecule has 16 heavy (non-hydrogen) atoms. The fourth-order valence-electron chi connectivity index (χ4n) is 1.03. The van der Waals surface area contributed by atoms with Crippen LogP contribution < -0.4 is 4.90 Å². The summed E-state index contributed by atoms with van der Waals surface area (Å²) in [6.45, 7) is 0. The molecular formula is C10H12N2O3S. The molecule has 0 aromatic carbocycles. The van der Waals surface area contributed by atoms with Crippen molar-refractivity contribution in [2.75, 3.05) is 23.5 Å². The number of thioether (sulfide) groups is 1.